The van der Waals surface area contributed by atoms with E-state index in [2.05, 4.69) is 29.1 Å². The SMILES string of the molecule is COc1ccc(-c2nc(Nc3cnc(-c4cccs4)cc3C(=O)O)sc2CC(C)C)cc1F. The van der Waals surface area contributed by atoms with Crippen molar-refractivity contribution in [2.75, 3.05) is 12.4 Å². The van der Waals surface area contributed by atoms with Crippen LogP contribution in [0.1, 0.15) is 29.1 Å². The summed E-state index contributed by atoms with van der Waals surface area (Å²) in [6.45, 7) is 4.20. The fraction of sp³-hybridized carbons (Fsp3) is 0.208. The van der Waals surface area contributed by atoms with Gasteiger partial charge in [-0.3, -0.25) is 4.98 Å². The van der Waals surface area contributed by atoms with Crippen molar-refractivity contribution in [3.8, 4) is 27.6 Å². The molecule has 0 bridgehead atoms. The number of nitrogens with zero attached hydrogens (tertiary/aromatic N) is 2. The second kappa shape index (κ2) is 9.68. The molecule has 4 aromatic rings. The van der Waals surface area contributed by atoms with Gasteiger partial charge in [0.2, 0.25) is 0 Å². The number of methoxy groups -OCH3 is 1. The van der Waals surface area contributed by atoms with Crippen molar-refractivity contribution in [1.29, 1.82) is 0 Å². The third kappa shape index (κ3) is 5.04. The predicted octanol–water partition coefficient (Wildman–Crippen LogP) is 6.72. The number of aromatic nitrogens is 2. The molecule has 4 rings (SSSR count). The quantitative estimate of drug-likeness (QED) is 0.289. The molecule has 0 aliphatic heterocycles. The van der Waals surface area contributed by atoms with Gasteiger partial charge in [0.15, 0.2) is 16.7 Å². The monoisotopic (exact) mass is 483 g/mol. The van der Waals surface area contributed by atoms with Gasteiger partial charge in [-0.1, -0.05) is 19.9 Å². The number of aromatic carboxylic acids is 1. The molecule has 0 atom stereocenters. The Balaban J connectivity index is 1.71. The number of carboxylic acid groups (broad SMARTS) is 1. The van der Waals surface area contributed by atoms with Crippen molar-refractivity contribution in [3.63, 3.8) is 0 Å². The number of thiophene rings is 1. The van der Waals surface area contributed by atoms with Crippen LogP contribution in [0.25, 0.3) is 21.8 Å². The van der Waals surface area contributed by atoms with Gasteiger partial charge in [-0.05, 0) is 48.1 Å². The Labute approximate surface area is 198 Å². The van der Waals surface area contributed by atoms with Gasteiger partial charge in [-0.25, -0.2) is 14.2 Å². The van der Waals surface area contributed by atoms with Crippen LogP contribution in [0, 0.1) is 11.7 Å². The van der Waals surface area contributed by atoms with Gasteiger partial charge < -0.3 is 15.2 Å². The van der Waals surface area contributed by atoms with Crippen molar-refractivity contribution >= 4 is 39.5 Å². The van der Waals surface area contributed by atoms with E-state index < -0.39 is 11.8 Å². The molecule has 0 aliphatic rings. The lowest BCUT2D eigenvalue weighted by Crippen LogP contribution is -2.04. The Morgan fingerprint density at radius 3 is 2.73 bits per heavy atom. The van der Waals surface area contributed by atoms with Crippen molar-refractivity contribution in [3.05, 3.63) is 64.2 Å². The predicted molar refractivity (Wildman–Crippen MR) is 130 cm³/mol. The van der Waals surface area contributed by atoms with Crippen LogP contribution in [0.5, 0.6) is 5.75 Å². The van der Waals surface area contributed by atoms with Crippen LogP contribution in [0.15, 0.2) is 48.0 Å². The second-order valence-electron chi connectivity index (χ2n) is 7.76. The molecule has 0 spiro atoms. The molecule has 0 saturated carbocycles. The number of carbonyl (C=O) groups is 1. The average molecular weight is 484 g/mol. The van der Waals surface area contributed by atoms with Crippen LogP contribution in [0.3, 0.4) is 0 Å². The summed E-state index contributed by atoms with van der Waals surface area (Å²) in [6, 6.07) is 10.1. The minimum Gasteiger partial charge on any atom is -0.494 e. The third-order valence-corrected chi connectivity index (χ3v) is 6.75. The Kier molecular flexibility index (Phi) is 6.71. The molecule has 9 heteroatoms. The number of pyridine rings is 1. The first-order chi connectivity index (χ1) is 15.9. The van der Waals surface area contributed by atoms with Crippen molar-refractivity contribution in [2.24, 2.45) is 5.92 Å². The highest BCUT2D eigenvalue weighted by atomic mass is 32.1. The molecule has 2 N–H and O–H groups in total. The lowest BCUT2D eigenvalue weighted by atomic mass is 10.0. The Morgan fingerprint density at radius 2 is 2.09 bits per heavy atom. The van der Waals surface area contributed by atoms with E-state index in [1.165, 1.54) is 42.0 Å². The zero-order valence-corrected chi connectivity index (χ0v) is 19.9. The molecular weight excluding hydrogens is 461 g/mol. The number of carboxylic acids is 1. The molecule has 6 nitrogen and oxygen atoms in total. The molecule has 3 aromatic heterocycles. The number of benzene rings is 1. The molecular formula is C24H22FN3O3S2. The van der Waals surface area contributed by atoms with Gasteiger partial charge in [-0.15, -0.1) is 22.7 Å². The molecule has 0 saturated heterocycles. The number of nitrogens with one attached hydrogen (secondary N) is 1. The molecule has 3 heterocycles. The van der Waals surface area contributed by atoms with E-state index in [4.69, 9.17) is 4.74 Å². The van der Waals surface area contributed by atoms with E-state index in [0.717, 1.165) is 16.2 Å². The van der Waals surface area contributed by atoms with Crippen LogP contribution < -0.4 is 10.1 Å². The third-order valence-electron chi connectivity index (χ3n) is 4.87. The normalized spacial score (nSPS) is 11.1. The standard InChI is InChI=1S/C24H22FN3O3S2/c1-13(2)9-21-22(14-6-7-19(31-3)16(25)10-14)28-24(33-21)27-18-12-26-17(11-15(18)23(29)30)20-5-4-8-32-20/h4-8,10-13H,9H2,1-3H3,(H,27,28)(H,29,30). The molecule has 0 amide bonds. The van der Waals surface area contributed by atoms with Gasteiger partial charge >= 0.3 is 5.97 Å². The zero-order chi connectivity index (χ0) is 23.5. The van der Waals surface area contributed by atoms with E-state index in [0.29, 0.717) is 33.7 Å². The van der Waals surface area contributed by atoms with Gasteiger partial charge in [0, 0.05) is 10.4 Å². The van der Waals surface area contributed by atoms with Crippen LogP contribution >= 0.6 is 22.7 Å². The maximum Gasteiger partial charge on any atom is 0.337 e. The summed E-state index contributed by atoms with van der Waals surface area (Å²) < 4.78 is 19.4. The van der Waals surface area contributed by atoms with E-state index in [9.17, 15) is 14.3 Å². The molecule has 0 aliphatic carbocycles. The van der Waals surface area contributed by atoms with Gasteiger partial charge in [0.25, 0.3) is 0 Å². The Bertz CT molecular complexity index is 1290. The number of halogens is 1. The van der Waals surface area contributed by atoms with Crippen LogP contribution in [-0.2, 0) is 6.42 Å². The highest BCUT2D eigenvalue weighted by Crippen LogP contribution is 2.36. The molecule has 0 radical (unpaired) electrons. The van der Waals surface area contributed by atoms with Crippen molar-refractivity contribution in [2.45, 2.75) is 20.3 Å². The summed E-state index contributed by atoms with van der Waals surface area (Å²) in [6.07, 6.45) is 2.26. The maximum absolute atomic E-state index is 14.3. The van der Waals surface area contributed by atoms with Crippen molar-refractivity contribution < 1.29 is 19.0 Å². The fourth-order valence-electron chi connectivity index (χ4n) is 3.36. The Morgan fingerprint density at radius 1 is 1.27 bits per heavy atom. The summed E-state index contributed by atoms with van der Waals surface area (Å²) >= 11 is 2.91. The van der Waals surface area contributed by atoms with Gasteiger partial charge in [-0.2, -0.15) is 0 Å². The van der Waals surface area contributed by atoms with E-state index in [1.54, 1.807) is 18.2 Å². The Hall–Kier alpha value is -3.30. The lowest BCUT2D eigenvalue weighted by molar-refractivity contribution is 0.0698. The average Bonchev–Trinajstić information content (AvgIpc) is 3.44. The number of anilines is 2. The lowest BCUT2D eigenvalue weighted by Gasteiger charge is -2.08. The summed E-state index contributed by atoms with van der Waals surface area (Å²) in [5.74, 6) is -0.995. The van der Waals surface area contributed by atoms with E-state index in [-0.39, 0.29) is 11.3 Å². The summed E-state index contributed by atoms with van der Waals surface area (Å²) in [7, 11) is 1.42. The minimum absolute atomic E-state index is 0.103. The first kappa shape index (κ1) is 22.9. The topological polar surface area (TPSA) is 84.3 Å². The molecule has 1 aromatic carbocycles. The molecule has 0 unspecified atom stereocenters. The highest BCUT2D eigenvalue weighted by Gasteiger charge is 2.19. The number of hydrogen-bond donors (Lipinski definition) is 2. The highest BCUT2D eigenvalue weighted by molar-refractivity contribution is 7.16. The van der Waals surface area contributed by atoms with Gasteiger partial charge in [0.1, 0.15) is 0 Å². The molecule has 0 fully saturated rings. The fourth-order valence-corrected chi connectivity index (χ4v) is 5.26. The largest absolute Gasteiger partial charge is 0.494 e. The first-order valence-electron chi connectivity index (χ1n) is 10.2. The molecule has 170 valence electrons. The van der Waals surface area contributed by atoms with Crippen molar-refractivity contribution in [1.82, 2.24) is 9.97 Å². The minimum atomic E-state index is -1.06. The number of thiazole rings is 1. The first-order valence-corrected chi connectivity index (χ1v) is 11.9. The summed E-state index contributed by atoms with van der Waals surface area (Å²) in [4.78, 5) is 22.9. The van der Waals surface area contributed by atoms with Crippen LogP contribution in [0.2, 0.25) is 0 Å². The zero-order valence-electron chi connectivity index (χ0n) is 18.3. The van der Waals surface area contributed by atoms with Crippen LogP contribution in [0.4, 0.5) is 15.2 Å². The summed E-state index contributed by atoms with van der Waals surface area (Å²) in [5, 5.41) is 15.3. The molecule has 33 heavy (non-hydrogen) atoms. The van der Waals surface area contributed by atoms with E-state index in [1.807, 2.05) is 17.5 Å². The van der Waals surface area contributed by atoms with Crippen LogP contribution in [-0.4, -0.2) is 28.2 Å². The smallest absolute Gasteiger partial charge is 0.337 e. The number of rotatable bonds is 8. The van der Waals surface area contributed by atoms with Gasteiger partial charge in [0.05, 0.1) is 40.8 Å². The summed E-state index contributed by atoms with van der Waals surface area (Å²) in [5.41, 5.74) is 2.35. The van der Waals surface area contributed by atoms with E-state index >= 15 is 0 Å². The number of hydrogen-bond acceptors (Lipinski definition) is 7. The maximum atomic E-state index is 14.3. The second-order valence-corrected chi connectivity index (χ2v) is 9.79. The number of ether oxygens (including phenoxy) is 1.